The number of hydrogen-bond acceptors (Lipinski definition) is 0. The quantitative estimate of drug-likeness (QED) is 0.381. The minimum absolute atomic E-state index is 1.02. The van der Waals surface area contributed by atoms with E-state index in [4.69, 9.17) is 0 Å². The van der Waals surface area contributed by atoms with Crippen LogP contribution in [0, 0.1) is 10.4 Å². The van der Waals surface area contributed by atoms with Gasteiger partial charge in [-0.15, -0.1) is 0 Å². The van der Waals surface area contributed by atoms with Crippen molar-refractivity contribution >= 4 is 33.7 Å². The SMILES string of the molecule is C1=c2ccccc2=c2cc3c4c(ccc5cccc(c54)=C3)c2C1. The molecule has 0 radical (unpaired) electrons. The fourth-order valence-corrected chi connectivity index (χ4v) is 4.41. The van der Waals surface area contributed by atoms with Crippen LogP contribution in [0.3, 0.4) is 0 Å². The van der Waals surface area contributed by atoms with Gasteiger partial charge in [-0.3, -0.25) is 0 Å². The first-order chi connectivity index (χ1) is 11.4. The van der Waals surface area contributed by atoms with Crippen LogP contribution in [0.5, 0.6) is 0 Å². The van der Waals surface area contributed by atoms with Crippen LogP contribution in [0.4, 0.5) is 0 Å². The first-order valence-corrected chi connectivity index (χ1v) is 8.19. The van der Waals surface area contributed by atoms with Gasteiger partial charge in [0.2, 0.25) is 0 Å². The van der Waals surface area contributed by atoms with E-state index >= 15 is 0 Å². The van der Waals surface area contributed by atoms with E-state index in [1.54, 1.807) is 0 Å². The summed E-state index contributed by atoms with van der Waals surface area (Å²) in [6, 6.07) is 22.4. The molecular formula is C23H14. The van der Waals surface area contributed by atoms with E-state index < -0.39 is 0 Å². The molecule has 0 saturated heterocycles. The highest BCUT2D eigenvalue weighted by molar-refractivity contribution is 6.15. The predicted octanol–water partition coefficient (Wildman–Crippen LogP) is 3.76. The molecular weight excluding hydrogens is 276 g/mol. The van der Waals surface area contributed by atoms with E-state index in [1.807, 2.05) is 0 Å². The molecule has 2 aliphatic carbocycles. The molecule has 0 amide bonds. The highest BCUT2D eigenvalue weighted by Crippen LogP contribution is 2.34. The molecule has 0 atom stereocenters. The molecule has 0 heterocycles. The summed E-state index contributed by atoms with van der Waals surface area (Å²) in [5, 5.41) is 11.2. The van der Waals surface area contributed by atoms with Gasteiger partial charge >= 0.3 is 0 Å². The van der Waals surface area contributed by atoms with E-state index in [0.717, 1.165) is 6.42 Å². The molecule has 0 bridgehead atoms. The van der Waals surface area contributed by atoms with E-state index in [9.17, 15) is 0 Å². The lowest BCUT2D eigenvalue weighted by Gasteiger charge is -2.12. The maximum Gasteiger partial charge on any atom is -0.00233 e. The van der Waals surface area contributed by atoms with Crippen LogP contribution in [-0.4, -0.2) is 0 Å². The highest BCUT2D eigenvalue weighted by Gasteiger charge is 2.16. The molecule has 0 saturated carbocycles. The molecule has 0 fully saturated rings. The van der Waals surface area contributed by atoms with Crippen molar-refractivity contribution in [1.82, 2.24) is 0 Å². The fraction of sp³-hybridized carbons (Fsp3) is 0.0435. The van der Waals surface area contributed by atoms with Crippen LogP contribution in [0.15, 0.2) is 60.7 Å². The summed E-state index contributed by atoms with van der Waals surface area (Å²) in [6.45, 7) is 0. The Balaban J connectivity index is 1.99. The second-order valence-corrected chi connectivity index (χ2v) is 6.57. The molecule has 0 heteroatoms. The van der Waals surface area contributed by atoms with Crippen molar-refractivity contribution in [1.29, 1.82) is 0 Å². The third-order valence-electron chi connectivity index (χ3n) is 5.40. The average molecular weight is 290 g/mol. The minimum Gasteiger partial charge on any atom is -0.0722 e. The van der Waals surface area contributed by atoms with Crippen molar-refractivity contribution < 1.29 is 0 Å². The average Bonchev–Trinajstić information content (AvgIpc) is 2.98. The van der Waals surface area contributed by atoms with Gasteiger partial charge in [0.25, 0.3) is 0 Å². The molecule has 0 N–H and O–H groups in total. The fourth-order valence-electron chi connectivity index (χ4n) is 4.41. The monoisotopic (exact) mass is 290 g/mol. The first kappa shape index (κ1) is 11.7. The van der Waals surface area contributed by atoms with E-state index in [-0.39, 0.29) is 0 Å². The van der Waals surface area contributed by atoms with Crippen LogP contribution in [0.2, 0.25) is 0 Å². The van der Waals surface area contributed by atoms with E-state index in [1.165, 1.54) is 53.5 Å². The number of benzene rings is 4. The lowest BCUT2D eigenvalue weighted by atomic mass is 9.91. The molecule has 0 aromatic heterocycles. The van der Waals surface area contributed by atoms with Gasteiger partial charge in [0.1, 0.15) is 0 Å². The normalized spacial score (nSPS) is 13.7. The smallest absolute Gasteiger partial charge is 0.00233 e. The van der Waals surface area contributed by atoms with Gasteiger partial charge in [-0.25, -0.2) is 0 Å². The van der Waals surface area contributed by atoms with Crippen molar-refractivity contribution in [3.63, 3.8) is 0 Å². The van der Waals surface area contributed by atoms with Gasteiger partial charge in [-0.05, 0) is 72.1 Å². The molecule has 0 aliphatic heterocycles. The van der Waals surface area contributed by atoms with Gasteiger partial charge in [0, 0.05) is 0 Å². The van der Waals surface area contributed by atoms with Crippen molar-refractivity contribution in [3.8, 4) is 0 Å². The van der Waals surface area contributed by atoms with Crippen LogP contribution >= 0.6 is 0 Å². The van der Waals surface area contributed by atoms with E-state index in [0.29, 0.717) is 0 Å². The predicted molar refractivity (Wildman–Crippen MR) is 96.6 cm³/mol. The zero-order valence-electron chi connectivity index (χ0n) is 12.6. The van der Waals surface area contributed by atoms with Crippen LogP contribution in [-0.2, 0) is 6.42 Å². The minimum atomic E-state index is 1.02. The highest BCUT2D eigenvalue weighted by atomic mass is 14.2. The molecule has 6 rings (SSSR count). The van der Waals surface area contributed by atoms with Crippen LogP contribution < -0.4 is 10.4 Å². The van der Waals surface area contributed by atoms with Crippen molar-refractivity contribution in [2.75, 3.05) is 0 Å². The Kier molecular flexibility index (Phi) is 1.98. The Morgan fingerprint density at radius 3 is 2.61 bits per heavy atom. The van der Waals surface area contributed by atoms with Crippen molar-refractivity contribution in [2.24, 2.45) is 0 Å². The van der Waals surface area contributed by atoms with Crippen LogP contribution in [0.1, 0.15) is 11.1 Å². The topological polar surface area (TPSA) is 0 Å². The summed E-state index contributed by atoms with van der Waals surface area (Å²) in [4.78, 5) is 0. The first-order valence-electron chi connectivity index (χ1n) is 8.19. The van der Waals surface area contributed by atoms with Crippen molar-refractivity contribution in [3.05, 3.63) is 92.7 Å². The molecule has 4 aromatic rings. The Morgan fingerprint density at radius 1 is 0.696 bits per heavy atom. The van der Waals surface area contributed by atoms with Gasteiger partial charge in [0.05, 0.1) is 0 Å². The van der Waals surface area contributed by atoms with Gasteiger partial charge in [0.15, 0.2) is 0 Å². The Hall–Kier alpha value is -2.86. The third-order valence-corrected chi connectivity index (χ3v) is 5.40. The Bertz CT molecular complexity index is 1370. The standard InChI is InChI=1S/C23H14/c1-2-7-18-14(4-1)8-10-19-20-11-9-15-5-3-6-16-12-17(13-21(18)19)23(20)22(15)16/h1-9,11-13H,10H2. The summed E-state index contributed by atoms with van der Waals surface area (Å²) in [7, 11) is 0. The Labute approximate surface area is 133 Å². The molecule has 106 valence electrons. The number of hydrogen-bond donors (Lipinski definition) is 0. The van der Waals surface area contributed by atoms with E-state index in [2.05, 4.69) is 72.8 Å². The summed E-state index contributed by atoms with van der Waals surface area (Å²) in [6.07, 6.45) is 5.75. The molecule has 0 unspecified atom stereocenters. The molecule has 2 aliphatic rings. The lowest BCUT2D eigenvalue weighted by Crippen LogP contribution is -2.09. The summed E-state index contributed by atoms with van der Waals surface area (Å²) >= 11 is 0. The maximum atomic E-state index is 2.41. The Morgan fingerprint density at radius 2 is 1.61 bits per heavy atom. The van der Waals surface area contributed by atoms with Gasteiger partial charge in [-0.1, -0.05) is 60.7 Å². The zero-order valence-corrected chi connectivity index (χ0v) is 12.6. The summed E-state index contributed by atoms with van der Waals surface area (Å²) in [5.41, 5.74) is 2.86. The zero-order chi connectivity index (χ0) is 15.0. The third kappa shape index (κ3) is 1.37. The van der Waals surface area contributed by atoms with Crippen LogP contribution in [0.25, 0.3) is 33.7 Å². The molecule has 0 spiro atoms. The van der Waals surface area contributed by atoms with Gasteiger partial charge in [-0.2, -0.15) is 0 Å². The summed E-state index contributed by atoms with van der Waals surface area (Å²) < 4.78 is 0. The summed E-state index contributed by atoms with van der Waals surface area (Å²) in [5.74, 6) is 0. The molecule has 0 nitrogen and oxygen atoms in total. The second-order valence-electron chi connectivity index (χ2n) is 6.57. The van der Waals surface area contributed by atoms with Crippen molar-refractivity contribution in [2.45, 2.75) is 6.42 Å². The van der Waals surface area contributed by atoms with Gasteiger partial charge < -0.3 is 0 Å². The number of fused-ring (bicyclic) bond motifs is 3. The lowest BCUT2D eigenvalue weighted by molar-refractivity contribution is 1.25. The number of rotatable bonds is 0. The molecule has 4 aromatic carbocycles. The molecule has 23 heavy (non-hydrogen) atoms. The largest absolute Gasteiger partial charge is 0.0722 e. The second kappa shape index (κ2) is 3.91. The maximum absolute atomic E-state index is 2.41.